The van der Waals surface area contributed by atoms with E-state index in [2.05, 4.69) is 5.32 Å². The molecule has 0 unspecified atom stereocenters. The van der Waals surface area contributed by atoms with Gasteiger partial charge in [-0.2, -0.15) is 0 Å². The lowest BCUT2D eigenvalue weighted by Gasteiger charge is -2.18. The van der Waals surface area contributed by atoms with Crippen LogP contribution in [0, 0.1) is 0 Å². The maximum Gasteiger partial charge on any atom is 0.262 e. The van der Waals surface area contributed by atoms with E-state index in [4.69, 9.17) is 31.4 Å². The molecule has 13 heteroatoms. The Hall–Kier alpha value is -2.38. The van der Waals surface area contributed by atoms with Crippen LogP contribution >= 0.6 is 11.6 Å². The highest BCUT2D eigenvalue weighted by Gasteiger charge is 2.32. The van der Waals surface area contributed by atoms with Crippen molar-refractivity contribution in [3.8, 4) is 11.5 Å². The molecular formula is C18H20ClN3O7S2. The summed E-state index contributed by atoms with van der Waals surface area (Å²) in [5.41, 5.74) is 0.213. The third kappa shape index (κ3) is 5.28. The smallest absolute Gasteiger partial charge is 0.262 e. The van der Waals surface area contributed by atoms with Crippen molar-refractivity contribution in [2.75, 3.05) is 11.9 Å². The van der Waals surface area contributed by atoms with Crippen LogP contribution in [0.4, 0.5) is 5.69 Å². The lowest BCUT2D eigenvalue weighted by Crippen LogP contribution is -2.25. The predicted molar refractivity (Wildman–Crippen MR) is 113 cm³/mol. The fourth-order valence-electron chi connectivity index (χ4n) is 3.12. The van der Waals surface area contributed by atoms with Gasteiger partial charge in [0.1, 0.15) is 15.4 Å². The summed E-state index contributed by atoms with van der Waals surface area (Å²) in [6.07, 6.45) is 0.679. The number of sulfonamides is 2. The van der Waals surface area contributed by atoms with Crippen LogP contribution in [-0.2, 0) is 31.3 Å². The number of fused-ring (bicyclic) bond motifs is 1. The number of halogens is 1. The summed E-state index contributed by atoms with van der Waals surface area (Å²) in [4.78, 5) is 11.1. The minimum atomic E-state index is -4.42. The number of primary sulfonamides is 2. The van der Waals surface area contributed by atoms with Crippen LogP contribution in [0.2, 0.25) is 5.02 Å². The van der Waals surface area contributed by atoms with E-state index in [0.717, 1.165) is 11.6 Å². The van der Waals surface area contributed by atoms with E-state index in [0.29, 0.717) is 24.0 Å². The minimum absolute atomic E-state index is 0.316. The van der Waals surface area contributed by atoms with Crippen molar-refractivity contribution in [3.63, 3.8) is 0 Å². The molecule has 0 aromatic heterocycles. The van der Waals surface area contributed by atoms with Crippen LogP contribution in [0.1, 0.15) is 19.4 Å². The first kappa shape index (κ1) is 23.3. The Kier molecular flexibility index (Phi) is 5.97. The topological polar surface area (TPSA) is 168 Å². The van der Waals surface area contributed by atoms with Crippen LogP contribution in [0.25, 0.3) is 0 Å². The van der Waals surface area contributed by atoms with Gasteiger partial charge >= 0.3 is 0 Å². The summed E-state index contributed by atoms with van der Waals surface area (Å²) in [7, 11) is -8.75. The van der Waals surface area contributed by atoms with Crippen molar-refractivity contribution in [1.29, 1.82) is 0 Å². The van der Waals surface area contributed by atoms with E-state index >= 15 is 0 Å². The Morgan fingerprint density at radius 1 is 1.16 bits per heavy atom. The van der Waals surface area contributed by atoms with Crippen molar-refractivity contribution < 1.29 is 31.1 Å². The predicted octanol–water partition coefficient (Wildman–Crippen LogP) is 1.37. The van der Waals surface area contributed by atoms with Crippen molar-refractivity contribution in [1.82, 2.24) is 0 Å². The first-order valence-electron chi connectivity index (χ1n) is 8.80. The number of nitrogens with two attached hydrogens (primary N) is 2. The van der Waals surface area contributed by atoms with Crippen molar-refractivity contribution in [2.45, 2.75) is 35.7 Å². The average Bonchev–Trinajstić information content (AvgIpc) is 2.92. The molecule has 31 heavy (non-hydrogen) atoms. The molecule has 1 aliphatic heterocycles. The molecular weight excluding hydrogens is 470 g/mol. The van der Waals surface area contributed by atoms with Crippen LogP contribution < -0.4 is 25.1 Å². The molecule has 10 nitrogen and oxygen atoms in total. The monoisotopic (exact) mass is 489 g/mol. The van der Waals surface area contributed by atoms with Crippen molar-refractivity contribution in [2.24, 2.45) is 10.3 Å². The Balaban J connectivity index is 1.82. The van der Waals surface area contributed by atoms with Crippen molar-refractivity contribution in [3.05, 3.63) is 40.9 Å². The fourth-order valence-corrected chi connectivity index (χ4v) is 4.99. The fraction of sp³-hybridized carbons (Fsp3) is 0.278. The Bertz CT molecular complexity index is 1280. The van der Waals surface area contributed by atoms with Gasteiger partial charge < -0.3 is 14.8 Å². The molecule has 0 bridgehead atoms. The number of amides is 1. The highest BCUT2D eigenvalue weighted by Crippen LogP contribution is 2.41. The molecule has 0 atom stereocenters. The van der Waals surface area contributed by atoms with Crippen LogP contribution in [0.15, 0.2) is 40.1 Å². The quantitative estimate of drug-likeness (QED) is 0.550. The summed E-state index contributed by atoms with van der Waals surface area (Å²) < 4.78 is 58.4. The summed E-state index contributed by atoms with van der Waals surface area (Å²) in [5, 5.41) is 12.1. The number of carbonyl (C=O) groups is 1. The summed E-state index contributed by atoms with van der Waals surface area (Å²) >= 11 is 5.89. The molecule has 0 aliphatic carbocycles. The number of ether oxygens (including phenoxy) is 2. The van der Waals surface area contributed by atoms with E-state index < -0.39 is 48.0 Å². The molecule has 0 radical (unpaired) electrons. The van der Waals surface area contributed by atoms with Crippen LogP contribution in [-0.4, -0.2) is 35.0 Å². The van der Waals surface area contributed by atoms with Gasteiger partial charge in [-0.25, -0.2) is 27.1 Å². The largest absolute Gasteiger partial charge is 0.483 e. The molecule has 1 aliphatic rings. The highest BCUT2D eigenvalue weighted by atomic mass is 35.5. The molecule has 0 fully saturated rings. The summed E-state index contributed by atoms with van der Waals surface area (Å²) in [6, 6.07) is 6.92. The van der Waals surface area contributed by atoms with Gasteiger partial charge in [-0.15, -0.1) is 0 Å². The van der Waals surface area contributed by atoms with E-state index in [9.17, 15) is 21.6 Å². The zero-order valence-corrected chi connectivity index (χ0v) is 18.9. The SMILES string of the molecule is CC1(C)Cc2cccc(OCC(=O)Nc3cc(Cl)c(S(N)(=O)=O)cc3S(N)(=O)=O)c2O1. The molecule has 1 amide bonds. The third-order valence-corrected chi connectivity index (χ3v) is 6.66. The average molecular weight is 490 g/mol. The number of anilines is 1. The Morgan fingerprint density at radius 3 is 2.42 bits per heavy atom. The van der Waals surface area contributed by atoms with Gasteiger partial charge in [0.25, 0.3) is 5.91 Å². The molecule has 5 N–H and O–H groups in total. The highest BCUT2D eigenvalue weighted by molar-refractivity contribution is 7.90. The van der Waals surface area contributed by atoms with Gasteiger partial charge in [0, 0.05) is 12.0 Å². The Morgan fingerprint density at radius 2 is 1.81 bits per heavy atom. The molecule has 2 aromatic carbocycles. The van der Waals surface area contributed by atoms with Gasteiger partial charge in [0.15, 0.2) is 18.1 Å². The van der Waals surface area contributed by atoms with Crippen LogP contribution in [0.3, 0.4) is 0 Å². The van der Waals surface area contributed by atoms with E-state index in [1.165, 1.54) is 0 Å². The number of hydrogen-bond acceptors (Lipinski definition) is 7. The first-order valence-corrected chi connectivity index (χ1v) is 12.3. The molecule has 1 heterocycles. The van der Waals surface area contributed by atoms with E-state index in [1.54, 1.807) is 12.1 Å². The minimum Gasteiger partial charge on any atom is -0.483 e. The van der Waals surface area contributed by atoms with Gasteiger partial charge in [-0.05, 0) is 32.0 Å². The number of carbonyl (C=O) groups excluding carboxylic acids is 1. The molecule has 3 rings (SSSR count). The molecule has 2 aromatic rings. The van der Waals surface area contributed by atoms with Crippen molar-refractivity contribution >= 4 is 43.2 Å². The molecule has 0 saturated heterocycles. The second kappa shape index (κ2) is 7.95. The number of hydrogen-bond donors (Lipinski definition) is 3. The normalized spacial score (nSPS) is 15.1. The van der Waals surface area contributed by atoms with Gasteiger partial charge in [0.2, 0.25) is 20.0 Å². The molecule has 0 spiro atoms. The van der Waals surface area contributed by atoms with Gasteiger partial charge in [-0.1, -0.05) is 23.7 Å². The first-order chi connectivity index (χ1) is 14.2. The number of nitrogens with one attached hydrogen (secondary N) is 1. The van der Waals surface area contributed by atoms with Gasteiger partial charge in [-0.3, -0.25) is 4.79 Å². The maximum absolute atomic E-state index is 12.4. The standard InChI is InChI=1S/C18H20ClN3O7S2/c1-18(2)8-10-4-3-5-13(17(10)29-18)28-9-16(23)22-12-6-11(19)14(30(20,24)25)7-15(12)31(21,26)27/h3-7H,8-9H2,1-2H3,(H,22,23)(H2,20,24,25)(H2,21,26,27). The summed E-state index contributed by atoms with van der Waals surface area (Å²) in [6.45, 7) is 3.36. The molecule has 168 valence electrons. The zero-order chi connectivity index (χ0) is 23.2. The number of para-hydroxylation sites is 1. The number of benzene rings is 2. The third-order valence-electron chi connectivity index (χ3n) is 4.33. The second-order valence-corrected chi connectivity index (χ2v) is 11.0. The molecule has 0 saturated carbocycles. The van der Waals surface area contributed by atoms with Gasteiger partial charge in [0.05, 0.1) is 10.7 Å². The van der Waals surface area contributed by atoms with Crippen LogP contribution in [0.5, 0.6) is 11.5 Å². The second-order valence-electron chi connectivity index (χ2n) is 7.49. The maximum atomic E-state index is 12.4. The summed E-state index contributed by atoms with van der Waals surface area (Å²) in [5.74, 6) is 0.151. The Labute approximate surface area is 184 Å². The zero-order valence-electron chi connectivity index (χ0n) is 16.5. The lowest BCUT2D eigenvalue weighted by atomic mass is 10.0. The number of rotatable bonds is 6. The van der Waals surface area contributed by atoms with E-state index in [-0.39, 0.29) is 10.7 Å². The van der Waals surface area contributed by atoms with E-state index in [1.807, 2.05) is 19.9 Å². The lowest BCUT2D eigenvalue weighted by molar-refractivity contribution is -0.118.